The first-order valence-electron chi connectivity index (χ1n) is 4.15. The smallest absolute Gasteiger partial charge is 0.200 e. The maximum atomic E-state index is 11.5. The Morgan fingerprint density at radius 3 is 2.38 bits per heavy atom. The summed E-state index contributed by atoms with van der Waals surface area (Å²) in [5, 5.41) is 0. The second kappa shape index (κ2) is 5.22. The van der Waals surface area contributed by atoms with Crippen LogP contribution in [0.2, 0.25) is 0 Å². The molecule has 0 aliphatic heterocycles. The van der Waals surface area contributed by atoms with Gasteiger partial charge in [-0.15, -0.1) is 6.42 Å². The zero-order valence-corrected chi connectivity index (χ0v) is 9.06. The summed E-state index contributed by atoms with van der Waals surface area (Å²) in [6.07, 6.45) is 5.05. The summed E-state index contributed by atoms with van der Waals surface area (Å²) in [6.45, 7) is 5.77. The quantitative estimate of drug-likeness (QED) is 0.650. The van der Waals surface area contributed by atoms with Crippen LogP contribution in [-0.4, -0.2) is 31.9 Å². The number of hydrogen-bond donors (Lipinski definition) is 1. The van der Waals surface area contributed by atoms with Crippen molar-refractivity contribution in [3.8, 4) is 12.3 Å². The van der Waals surface area contributed by atoms with Crippen LogP contribution in [0.25, 0.3) is 0 Å². The summed E-state index contributed by atoms with van der Waals surface area (Å²) in [5.41, 5.74) is 0. The van der Waals surface area contributed by atoms with Gasteiger partial charge < -0.3 is 0 Å². The van der Waals surface area contributed by atoms with Gasteiger partial charge >= 0.3 is 0 Å². The molecule has 0 aromatic carbocycles. The van der Waals surface area contributed by atoms with Crippen molar-refractivity contribution in [3.05, 3.63) is 0 Å². The van der Waals surface area contributed by atoms with Crippen molar-refractivity contribution in [2.24, 2.45) is 0 Å². The molecule has 0 aliphatic rings. The highest BCUT2D eigenvalue weighted by Gasteiger charge is 2.19. The normalized spacial score (nSPS) is 12.0. The molecular formula is C8H16N2O2S. The van der Waals surface area contributed by atoms with Crippen LogP contribution in [0.5, 0.6) is 0 Å². The molecule has 76 valence electrons. The number of nitrogens with zero attached hydrogens (tertiary/aromatic N) is 1. The van der Waals surface area contributed by atoms with E-state index in [1.54, 1.807) is 20.8 Å². The van der Waals surface area contributed by atoms with Crippen LogP contribution in [0.4, 0.5) is 0 Å². The monoisotopic (exact) mass is 204 g/mol. The van der Waals surface area contributed by atoms with Gasteiger partial charge in [-0.1, -0.05) is 12.8 Å². The van der Waals surface area contributed by atoms with Gasteiger partial charge in [0.25, 0.3) is 10.2 Å². The molecule has 5 heteroatoms. The molecule has 0 unspecified atom stereocenters. The molecular weight excluding hydrogens is 188 g/mol. The Morgan fingerprint density at radius 2 is 2.08 bits per heavy atom. The molecule has 0 atom stereocenters. The Kier molecular flexibility index (Phi) is 4.99. The van der Waals surface area contributed by atoms with Gasteiger partial charge in [-0.25, -0.2) is 0 Å². The summed E-state index contributed by atoms with van der Waals surface area (Å²) in [5.74, 6) is 2.30. The molecule has 13 heavy (non-hydrogen) atoms. The highest BCUT2D eigenvalue weighted by molar-refractivity contribution is 7.87. The molecule has 4 nitrogen and oxygen atoms in total. The summed E-state index contributed by atoms with van der Waals surface area (Å²) in [7, 11) is -3.39. The minimum atomic E-state index is -3.39. The number of hydrogen-bond acceptors (Lipinski definition) is 2. The fraction of sp³-hybridized carbons (Fsp3) is 0.750. The molecule has 0 radical (unpaired) electrons. The van der Waals surface area contributed by atoms with E-state index in [0.717, 1.165) is 0 Å². The lowest BCUT2D eigenvalue weighted by Crippen LogP contribution is -2.43. The van der Waals surface area contributed by atoms with Crippen LogP contribution in [0, 0.1) is 12.3 Å². The predicted octanol–water partition coefficient (Wildman–Crippen LogP) is 0.184. The van der Waals surface area contributed by atoms with Crippen LogP contribution in [0.15, 0.2) is 0 Å². The third kappa shape index (κ3) is 4.27. The van der Waals surface area contributed by atoms with Gasteiger partial charge in [0.1, 0.15) is 0 Å². The largest absolute Gasteiger partial charge is 0.280 e. The lowest BCUT2D eigenvalue weighted by Gasteiger charge is -2.19. The van der Waals surface area contributed by atoms with E-state index in [2.05, 4.69) is 10.6 Å². The Morgan fingerprint density at radius 1 is 1.54 bits per heavy atom. The molecule has 0 spiro atoms. The Bertz CT molecular complexity index is 277. The first-order chi connectivity index (χ1) is 5.94. The van der Waals surface area contributed by atoms with Gasteiger partial charge in [0.05, 0.1) is 6.54 Å². The highest BCUT2D eigenvalue weighted by Crippen LogP contribution is 1.97. The molecule has 0 aromatic heterocycles. The average molecular weight is 204 g/mol. The van der Waals surface area contributed by atoms with E-state index in [9.17, 15) is 8.42 Å². The summed E-state index contributed by atoms with van der Waals surface area (Å²) >= 11 is 0. The van der Waals surface area contributed by atoms with Crippen LogP contribution < -0.4 is 4.72 Å². The predicted molar refractivity (Wildman–Crippen MR) is 53.3 cm³/mol. The summed E-state index contributed by atoms with van der Waals surface area (Å²) in [4.78, 5) is 0. The number of terminal acetylenes is 1. The Hall–Kier alpha value is -0.570. The third-order valence-corrected chi connectivity index (χ3v) is 3.18. The lowest BCUT2D eigenvalue weighted by atomic mass is 10.4. The zero-order chi connectivity index (χ0) is 10.5. The maximum Gasteiger partial charge on any atom is 0.280 e. The van der Waals surface area contributed by atoms with E-state index < -0.39 is 10.2 Å². The van der Waals surface area contributed by atoms with Crippen LogP contribution in [0.3, 0.4) is 0 Å². The zero-order valence-electron chi connectivity index (χ0n) is 8.24. The average Bonchev–Trinajstić information content (AvgIpc) is 1.97. The van der Waals surface area contributed by atoms with E-state index in [1.165, 1.54) is 4.31 Å². The molecule has 0 heterocycles. The minimum Gasteiger partial charge on any atom is -0.200 e. The molecule has 0 rings (SSSR count). The minimum absolute atomic E-state index is 0.110. The third-order valence-electron chi connectivity index (χ3n) is 1.34. The Labute approximate surface area is 80.5 Å². The van der Waals surface area contributed by atoms with Gasteiger partial charge in [-0.3, -0.25) is 0 Å². The summed E-state index contributed by atoms with van der Waals surface area (Å²) in [6, 6.07) is -0.114. The van der Waals surface area contributed by atoms with Crippen molar-refractivity contribution in [1.82, 2.24) is 9.03 Å². The summed E-state index contributed by atoms with van der Waals surface area (Å²) < 4.78 is 26.6. The van der Waals surface area contributed by atoms with Gasteiger partial charge in [0.15, 0.2) is 0 Å². The van der Waals surface area contributed by atoms with Crippen LogP contribution in [-0.2, 0) is 10.2 Å². The lowest BCUT2D eigenvalue weighted by molar-refractivity contribution is 0.447. The second-order valence-corrected chi connectivity index (χ2v) is 4.61. The Balaban J connectivity index is 4.51. The van der Waals surface area contributed by atoms with Crippen molar-refractivity contribution in [2.75, 3.05) is 13.1 Å². The molecule has 0 aromatic rings. The van der Waals surface area contributed by atoms with Crippen molar-refractivity contribution >= 4 is 10.2 Å². The molecule has 1 N–H and O–H groups in total. The van der Waals surface area contributed by atoms with Gasteiger partial charge in [0, 0.05) is 12.6 Å². The van der Waals surface area contributed by atoms with E-state index in [-0.39, 0.29) is 12.6 Å². The van der Waals surface area contributed by atoms with Gasteiger partial charge in [-0.2, -0.15) is 17.4 Å². The molecule has 0 amide bonds. The molecule has 0 aliphatic carbocycles. The standard InChI is InChI=1S/C8H16N2O2S/c1-5-7-10(6-2)13(11,12)9-8(3)4/h1,8-9H,6-7H2,2-4H3. The fourth-order valence-electron chi connectivity index (χ4n) is 0.841. The maximum absolute atomic E-state index is 11.5. The van der Waals surface area contributed by atoms with Crippen molar-refractivity contribution < 1.29 is 8.42 Å². The first kappa shape index (κ1) is 12.4. The van der Waals surface area contributed by atoms with E-state index in [4.69, 9.17) is 6.42 Å². The van der Waals surface area contributed by atoms with Crippen LogP contribution in [0.1, 0.15) is 20.8 Å². The molecule has 0 saturated heterocycles. The SMILES string of the molecule is C#CCN(CC)S(=O)(=O)NC(C)C. The molecule has 0 fully saturated rings. The van der Waals surface area contributed by atoms with E-state index in [0.29, 0.717) is 6.54 Å². The van der Waals surface area contributed by atoms with Gasteiger partial charge in [-0.05, 0) is 13.8 Å². The van der Waals surface area contributed by atoms with Crippen LogP contribution >= 0.6 is 0 Å². The van der Waals surface area contributed by atoms with E-state index in [1.807, 2.05) is 0 Å². The van der Waals surface area contributed by atoms with E-state index >= 15 is 0 Å². The molecule has 0 saturated carbocycles. The van der Waals surface area contributed by atoms with Gasteiger partial charge in [0.2, 0.25) is 0 Å². The highest BCUT2D eigenvalue weighted by atomic mass is 32.2. The van der Waals surface area contributed by atoms with Crippen molar-refractivity contribution in [3.63, 3.8) is 0 Å². The van der Waals surface area contributed by atoms with Crippen molar-refractivity contribution in [2.45, 2.75) is 26.8 Å². The number of nitrogens with one attached hydrogen (secondary N) is 1. The topological polar surface area (TPSA) is 49.4 Å². The number of rotatable bonds is 5. The van der Waals surface area contributed by atoms with Crippen molar-refractivity contribution in [1.29, 1.82) is 0 Å². The first-order valence-corrected chi connectivity index (χ1v) is 5.59. The second-order valence-electron chi connectivity index (χ2n) is 2.91. The molecule has 0 bridgehead atoms. The fourth-order valence-corrected chi connectivity index (χ4v) is 2.17.